The molecular weight excluding hydrogens is 306 g/mol. The molecule has 0 spiro atoms. The van der Waals surface area contributed by atoms with Gasteiger partial charge in [-0.1, -0.05) is 26.7 Å². The van der Waals surface area contributed by atoms with Gasteiger partial charge in [-0.05, 0) is 24.6 Å². The summed E-state index contributed by atoms with van der Waals surface area (Å²) in [6, 6.07) is 5.42. The Hall–Kier alpha value is -2.08. The Morgan fingerprint density at radius 2 is 2.04 bits per heavy atom. The lowest BCUT2D eigenvalue weighted by atomic mass is 10.0. The van der Waals surface area contributed by atoms with Gasteiger partial charge in [-0.15, -0.1) is 0 Å². The van der Waals surface area contributed by atoms with Crippen LogP contribution in [-0.2, 0) is 9.53 Å². The summed E-state index contributed by atoms with van der Waals surface area (Å²) in [5.74, 6) is -0.712. The Balaban J connectivity index is 2.14. The van der Waals surface area contributed by atoms with E-state index in [1.165, 1.54) is 0 Å². The minimum absolute atomic E-state index is 0.0786. The largest absolute Gasteiger partial charge is 0.378 e. The van der Waals surface area contributed by atoms with Crippen molar-refractivity contribution in [3.8, 4) is 0 Å². The second-order valence-electron chi connectivity index (χ2n) is 6.23. The Bertz CT molecular complexity index is 583. The summed E-state index contributed by atoms with van der Waals surface area (Å²) in [4.78, 5) is 26.2. The maximum Gasteiger partial charge on any atom is 0.250 e. The van der Waals surface area contributed by atoms with Crippen LogP contribution in [0.25, 0.3) is 0 Å². The van der Waals surface area contributed by atoms with Crippen LogP contribution in [0.2, 0.25) is 0 Å². The molecule has 1 saturated heterocycles. The average molecular weight is 333 g/mol. The Kier molecular flexibility index (Phi) is 6.61. The molecule has 0 aromatic heterocycles. The van der Waals surface area contributed by atoms with Gasteiger partial charge in [-0.25, -0.2) is 0 Å². The van der Waals surface area contributed by atoms with Gasteiger partial charge < -0.3 is 20.7 Å². The van der Waals surface area contributed by atoms with Crippen molar-refractivity contribution >= 4 is 23.2 Å². The molecule has 1 heterocycles. The smallest absolute Gasteiger partial charge is 0.250 e. The molecule has 6 nitrogen and oxygen atoms in total. The number of ether oxygens (including phenoxy) is 1. The number of amides is 2. The molecule has 1 aromatic carbocycles. The van der Waals surface area contributed by atoms with E-state index in [1.54, 1.807) is 12.1 Å². The summed E-state index contributed by atoms with van der Waals surface area (Å²) in [6.07, 6.45) is 2.89. The molecule has 0 saturated carbocycles. The number of primary amides is 1. The molecule has 1 aromatic rings. The molecule has 6 heteroatoms. The minimum Gasteiger partial charge on any atom is -0.378 e. The molecule has 3 N–H and O–H groups in total. The lowest BCUT2D eigenvalue weighted by molar-refractivity contribution is -0.119. The van der Waals surface area contributed by atoms with Crippen LogP contribution >= 0.6 is 0 Å². The van der Waals surface area contributed by atoms with Gasteiger partial charge in [0.25, 0.3) is 5.91 Å². The van der Waals surface area contributed by atoms with Crippen molar-refractivity contribution in [3.05, 3.63) is 23.8 Å². The van der Waals surface area contributed by atoms with Crippen molar-refractivity contribution in [2.24, 2.45) is 11.7 Å². The molecule has 132 valence electrons. The number of hydrogen-bond acceptors (Lipinski definition) is 4. The number of unbranched alkanes of at least 4 members (excludes halogenated alkanes) is 1. The van der Waals surface area contributed by atoms with Crippen molar-refractivity contribution in [1.82, 2.24) is 0 Å². The summed E-state index contributed by atoms with van der Waals surface area (Å²) >= 11 is 0. The first-order valence-corrected chi connectivity index (χ1v) is 8.60. The van der Waals surface area contributed by atoms with Gasteiger partial charge in [-0.2, -0.15) is 0 Å². The fourth-order valence-corrected chi connectivity index (χ4v) is 2.76. The Labute approximate surface area is 143 Å². The second-order valence-corrected chi connectivity index (χ2v) is 6.23. The van der Waals surface area contributed by atoms with Gasteiger partial charge in [0.1, 0.15) is 0 Å². The van der Waals surface area contributed by atoms with E-state index >= 15 is 0 Å². The van der Waals surface area contributed by atoms with Crippen LogP contribution in [0.4, 0.5) is 11.4 Å². The molecule has 2 amide bonds. The van der Waals surface area contributed by atoms with E-state index in [0.717, 1.165) is 38.0 Å². The summed E-state index contributed by atoms with van der Waals surface area (Å²) in [7, 11) is 0. The van der Waals surface area contributed by atoms with E-state index in [-0.39, 0.29) is 11.8 Å². The van der Waals surface area contributed by atoms with Crippen molar-refractivity contribution in [3.63, 3.8) is 0 Å². The highest BCUT2D eigenvalue weighted by atomic mass is 16.5. The number of nitrogens with two attached hydrogens (primary N) is 1. The molecule has 24 heavy (non-hydrogen) atoms. The highest BCUT2D eigenvalue weighted by Gasteiger charge is 2.18. The van der Waals surface area contributed by atoms with E-state index in [9.17, 15) is 9.59 Å². The van der Waals surface area contributed by atoms with Gasteiger partial charge in [0, 0.05) is 24.7 Å². The molecule has 1 fully saturated rings. The molecule has 0 unspecified atom stereocenters. The van der Waals surface area contributed by atoms with E-state index in [2.05, 4.69) is 17.1 Å². The van der Waals surface area contributed by atoms with E-state index < -0.39 is 5.91 Å². The quantitative estimate of drug-likeness (QED) is 0.802. The van der Waals surface area contributed by atoms with Crippen molar-refractivity contribution in [2.45, 2.75) is 33.1 Å². The van der Waals surface area contributed by atoms with Crippen LogP contribution in [0, 0.1) is 5.92 Å². The summed E-state index contributed by atoms with van der Waals surface area (Å²) in [6.45, 7) is 6.88. The van der Waals surface area contributed by atoms with Crippen LogP contribution in [0.15, 0.2) is 18.2 Å². The number of anilines is 2. The van der Waals surface area contributed by atoms with Crippen LogP contribution in [-0.4, -0.2) is 38.1 Å². The summed E-state index contributed by atoms with van der Waals surface area (Å²) in [5, 5.41) is 2.85. The van der Waals surface area contributed by atoms with Gasteiger partial charge >= 0.3 is 0 Å². The Morgan fingerprint density at radius 1 is 1.33 bits per heavy atom. The molecular formula is C18H27N3O3. The minimum atomic E-state index is -0.540. The normalized spacial score (nSPS) is 15.8. The number of carbonyl (C=O) groups excluding carboxylic acids is 2. The van der Waals surface area contributed by atoms with Crippen LogP contribution in [0.3, 0.4) is 0 Å². The van der Waals surface area contributed by atoms with Gasteiger partial charge in [0.15, 0.2) is 0 Å². The second kappa shape index (κ2) is 8.68. The molecule has 0 radical (unpaired) electrons. The summed E-state index contributed by atoms with van der Waals surface area (Å²) in [5.41, 5.74) is 7.25. The maximum atomic E-state index is 12.3. The van der Waals surface area contributed by atoms with Crippen LogP contribution in [0.5, 0.6) is 0 Å². The lowest BCUT2D eigenvalue weighted by Gasteiger charge is -2.29. The molecule has 0 aliphatic carbocycles. The molecule has 1 aliphatic rings. The first kappa shape index (κ1) is 18.3. The number of nitrogens with one attached hydrogen (secondary N) is 1. The monoisotopic (exact) mass is 333 g/mol. The zero-order valence-corrected chi connectivity index (χ0v) is 14.5. The number of rotatable bonds is 7. The van der Waals surface area contributed by atoms with E-state index in [0.29, 0.717) is 24.5 Å². The Morgan fingerprint density at radius 3 is 2.67 bits per heavy atom. The molecule has 0 bridgehead atoms. The SMILES string of the molecule is CCCC[C@@H](C)C(=O)Nc1ccc(N2CCOCC2)cc1C(N)=O. The van der Waals surface area contributed by atoms with Crippen LogP contribution in [0.1, 0.15) is 43.5 Å². The predicted molar refractivity (Wildman–Crippen MR) is 95.3 cm³/mol. The lowest BCUT2D eigenvalue weighted by Crippen LogP contribution is -2.36. The maximum absolute atomic E-state index is 12.3. The predicted octanol–water partition coefficient (Wildman–Crippen LogP) is 2.39. The van der Waals surface area contributed by atoms with E-state index in [1.807, 2.05) is 13.0 Å². The van der Waals surface area contributed by atoms with Gasteiger partial charge in [0.05, 0.1) is 24.5 Å². The van der Waals surface area contributed by atoms with E-state index in [4.69, 9.17) is 10.5 Å². The summed E-state index contributed by atoms with van der Waals surface area (Å²) < 4.78 is 5.34. The number of morpholine rings is 1. The van der Waals surface area contributed by atoms with Crippen molar-refractivity contribution in [1.29, 1.82) is 0 Å². The molecule has 1 atom stereocenters. The van der Waals surface area contributed by atoms with Gasteiger partial charge in [0.2, 0.25) is 5.91 Å². The fourth-order valence-electron chi connectivity index (χ4n) is 2.76. The number of nitrogens with zero attached hydrogens (tertiary/aromatic N) is 1. The standard InChI is InChI=1S/C18H27N3O3/c1-3-4-5-13(2)18(23)20-16-7-6-14(12-15(16)17(19)22)21-8-10-24-11-9-21/h6-7,12-13H,3-5,8-11H2,1-2H3,(H2,19,22)(H,20,23)/t13-/m1/s1. The van der Waals surface area contributed by atoms with Crippen molar-refractivity contribution < 1.29 is 14.3 Å². The third kappa shape index (κ3) is 4.71. The highest BCUT2D eigenvalue weighted by Crippen LogP contribution is 2.25. The first-order chi connectivity index (χ1) is 11.5. The first-order valence-electron chi connectivity index (χ1n) is 8.60. The third-order valence-corrected chi connectivity index (χ3v) is 4.34. The van der Waals surface area contributed by atoms with Crippen molar-refractivity contribution in [2.75, 3.05) is 36.5 Å². The van der Waals surface area contributed by atoms with Gasteiger partial charge in [-0.3, -0.25) is 9.59 Å². The number of benzene rings is 1. The fraction of sp³-hybridized carbons (Fsp3) is 0.556. The van der Waals surface area contributed by atoms with Crippen LogP contribution < -0.4 is 16.0 Å². The number of hydrogen-bond donors (Lipinski definition) is 2. The molecule has 1 aliphatic heterocycles. The topological polar surface area (TPSA) is 84.7 Å². The highest BCUT2D eigenvalue weighted by molar-refractivity contribution is 6.04. The zero-order chi connectivity index (χ0) is 17.5. The average Bonchev–Trinajstić information content (AvgIpc) is 2.60. The number of carbonyl (C=O) groups is 2. The molecule has 2 rings (SSSR count). The third-order valence-electron chi connectivity index (χ3n) is 4.34. The zero-order valence-electron chi connectivity index (χ0n) is 14.5.